The summed E-state index contributed by atoms with van der Waals surface area (Å²) in [7, 11) is 0. The third-order valence-corrected chi connectivity index (χ3v) is 3.24. The molecule has 3 N–H and O–H groups in total. The lowest BCUT2D eigenvalue weighted by Crippen LogP contribution is -2.12. The van der Waals surface area contributed by atoms with Gasteiger partial charge in [-0.1, -0.05) is 37.6 Å². The minimum atomic E-state index is -0.0682. The molecule has 0 heterocycles. The fourth-order valence-electron chi connectivity index (χ4n) is 1.85. The predicted molar refractivity (Wildman–Crippen MR) is 83.1 cm³/mol. The molecular weight excluding hydrogens is 272 g/mol. The van der Waals surface area contributed by atoms with Crippen LogP contribution in [-0.4, -0.2) is 5.84 Å². The molecule has 0 saturated carbocycles. The molecule has 0 spiro atoms. The zero-order valence-electron chi connectivity index (χ0n) is 11.5. The van der Waals surface area contributed by atoms with Gasteiger partial charge in [-0.3, -0.25) is 5.41 Å². The summed E-state index contributed by atoms with van der Waals surface area (Å²) in [6.07, 6.45) is 0. The number of hydrogen-bond donors (Lipinski definition) is 2. The predicted octanol–water partition coefficient (Wildman–Crippen LogP) is 4.54. The van der Waals surface area contributed by atoms with E-state index in [1.165, 1.54) is 5.56 Å². The molecule has 0 saturated heterocycles. The lowest BCUT2D eigenvalue weighted by molar-refractivity contribution is 0.481. The minimum Gasteiger partial charge on any atom is -0.457 e. The van der Waals surface area contributed by atoms with E-state index in [2.05, 4.69) is 13.8 Å². The van der Waals surface area contributed by atoms with Crippen LogP contribution in [0.1, 0.15) is 30.9 Å². The monoisotopic (exact) mass is 288 g/mol. The quantitative estimate of drug-likeness (QED) is 0.641. The van der Waals surface area contributed by atoms with Crippen molar-refractivity contribution in [3.63, 3.8) is 0 Å². The summed E-state index contributed by atoms with van der Waals surface area (Å²) in [5.74, 6) is 1.65. The molecule has 2 aromatic carbocycles. The largest absolute Gasteiger partial charge is 0.457 e. The molecule has 0 atom stereocenters. The second-order valence-corrected chi connectivity index (χ2v) is 5.32. The molecule has 0 aliphatic carbocycles. The van der Waals surface area contributed by atoms with Crippen LogP contribution in [-0.2, 0) is 0 Å². The molecule has 0 aliphatic heterocycles. The summed E-state index contributed by atoms with van der Waals surface area (Å²) < 4.78 is 5.78. The summed E-state index contributed by atoms with van der Waals surface area (Å²) >= 11 is 5.91. The Hall–Kier alpha value is -2.00. The zero-order chi connectivity index (χ0) is 14.7. The van der Waals surface area contributed by atoms with Gasteiger partial charge in [-0.25, -0.2) is 0 Å². The average Bonchev–Trinajstić information content (AvgIpc) is 2.41. The van der Waals surface area contributed by atoms with Gasteiger partial charge in [0.2, 0.25) is 0 Å². The van der Waals surface area contributed by atoms with Gasteiger partial charge in [0.05, 0.1) is 5.56 Å². The number of hydrogen-bond acceptors (Lipinski definition) is 2. The normalized spacial score (nSPS) is 10.6. The number of amidine groups is 1. The van der Waals surface area contributed by atoms with E-state index in [-0.39, 0.29) is 5.84 Å². The number of ether oxygens (including phenoxy) is 1. The summed E-state index contributed by atoms with van der Waals surface area (Å²) in [6.45, 7) is 4.28. The van der Waals surface area contributed by atoms with Crippen molar-refractivity contribution in [1.29, 1.82) is 5.41 Å². The van der Waals surface area contributed by atoms with Crippen molar-refractivity contribution in [2.45, 2.75) is 19.8 Å². The maximum Gasteiger partial charge on any atom is 0.138 e. The van der Waals surface area contributed by atoms with Gasteiger partial charge in [-0.2, -0.15) is 0 Å². The number of benzene rings is 2. The third kappa shape index (κ3) is 3.31. The maximum absolute atomic E-state index is 7.57. The molecule has 2 rings (SSSR count). The number of nitrogens with one attached hydrogen (secondary N) is 1. The highest BCUT2D eigenvalue weighted by Crippen LogP contribution is 2.28. The molecule has 20 heavy (non-hydrogen) atoms. The molecule has 0 fully saturated rings. The fourth-order valence-corrected chi connectivity index (χ4v) is 2.02. The minimum absolute atomic E-state index is 0.0682. The topological polar surface area (TPSA) is 59.1 Å². The van der Waals surface area contributed by atoms with Gasteiger partial charge in [0.1, 0.15) is 17.3 Å². The van der Waals surface area contributed by atoms with E-state index >= 15 is 0 Å². The van der Waals surface area contributed by atoms with Gasteiger partial charge in [0.25, 0.3) is 0 Å². The molecule has 0 radical (unpaired) electrons. The molecular formula is C16H17ClN2O. The molecule has 4 heteroatoms. The Morgan fingerprint density at radius 1 is 1.15 bits per heavy atom. The highest BCUT2D eigenvalue weighted by atomic mass is 35.5. The average molecular weight is 289 g/mol. The van der Waals surface area contributed by atoms with Gasteiger partial charge < -0.3 is 10.5 Å². The van der Waals surface area contributed by atoms with Crippen molar-refractivity contribution in [1.82, 2.24) is 0 Å². The number of rotatable bonds is 4. The Bertz CT molecular complexity index is 621. The number of halogens is 1. The van der Waals surface area contributed by atoms with Gasteiger partial charge in [0, 0.05) is 5.02 Å². The van der Waals surface area contributed by atoms with Gasteiger partial charge in [-0.15, -0.1) is 0 Å². The van der Waals surface area contributed by atoms with E-state index in [1.54, 1.807) is 18.2 Å². The van der Waals surface area contributed by atoms with E-state index in [9.17, 15) is 0 Å². The second kappa shape index (κ2) is 5.97. The summed E-state index contributed by atoms with van der Waals surface area (Å²) in [6, 6.07) is 12.9. The van der Waals surface area contributed by atoms with E-state index < -0.39 is 0 Å². The molecule has 0 aliphatic rings. The molecule has 0 unspecified atom stereocenters. The van der Waals surface area contributed by atoms with Gasteiger partial charge >= 0.3 is 0 Å². The SMILES string of the molecule is CC(C)c1ccc(Oc2ccc(Cl)cc2C(=N)N)cc1. The second-order valence-electron chi connectivity index (χ2n) is 4.88. The van der Waals surface area contributed by atoms with E-state index in [0.717, 1.165) is 0 Å². The summed E-state index contributed by atoms with van der Waals surface area (Å²) in [4.78, 5) is 0. The maximum atomic E-state index is 7.57. The molecule has 0 amide bonds. The lowest BCUT2D eigenvalue weighted by atomic mass is 10.0. The van der Waals surface area contributed by atoms with Crippen LogP contribution in [0, 0.1) is 5.41 Å². The van der Waals surface area contributed by atoms with Crippen LogP contribution in [0.25, 0.3) is 0 Å². The molecule has 104 valence electrons. The van der Waals surface area contributed by atoms with Crippen molar-refractivity contribution >= 4 is 17.4 Å². The van der Waals surface area contributed by atoms with Gasteiger partial charge in [0.15, 0.2) is 0 Å². The highest BCUT2D eigenvalue weighted by molar-refractivity contribution is 6.31. The lowest BCUT2D eigenvalue weighted by Gasteiger charge is -2.12. The van der Waals surface area contributed by atoms with Crippen LogP contribution in [0.4, 0.5) is 0 Å². The summed E-state index contributed by atoms with van der Waals surface area (Å²) in [5.41, 5.74) is 7.29. The van der Waals surface area contributed by atoms with Crippen LogP contribution >= 0.6 is 11.6 Å². The van der Waals surface area contributed by atoms with E-state index in [1.807, 2.05) is 24.3 Å². The van der Waals surface area contributed by atoms with Crippen LogP contribution in [0.2, 0.25) is 5.02 Å². The van der Waals surface area contributed by atoms with Crippen molar-refractivity contribution in [2.75, 3.05) is 0 Å². The van der Waals surface area contributed by atoms with Crippen LogP contribution in [0.3, 0.4) is 0 Å². The molecule has 0 aromatic heterocycles. The first-order chi connectivity index (χ1) is 9.47. The Labute approximate surface area is 123 Å². The third-order valence-electron chi connectivity index (χ3n) is 3.01. The van der Waals surface area contributed by atoms with E-state index in [0.29, 0.717) is 28.0 Å². The van der Waals surface area contributed by atoms with Crippen LogP contribution in [0.5, 0.6) is 11.5 Å². The van der Waals surface area contributed by atoms with Crippen molar-refractivity contribution in [3.05, 3.63) is 58.6 Å². The van der Waals surface area contributed by atoms with Crippen molar-refractivity contribution in [2.24, 2.45) is 5.73 Å². The first kappa shape index (κ1) is 14.4. The fraction of sp³-hybridized carbons (Fsp3) is 0.188. The van der Waals surface area contributed by atoms with Crippen LogP contribution in [0.15, 0.2) is 42.5 Å². The zero-order valence-corrected chi connectivity index (χ0v) is 12.2. The summed E-state index contributed by atoms with van der Waals surface area (Å²) in [5, 5.41) is 8.09. The smallest absolute Gasteiger partial charge is 0.138 e. The van der Waals surface area contributed by atoms with E-state index in [4.69, 9.17) is 27.5 Å². The van der Waals surface area contributed by atoms with Crippen LogP contribution < -0.4 is 10.5 Å². The Morgan fingerprint density at radius 2 is 1.80 bits per heavy atom. The molecule has 3 nitrogen and oxygen atoms in total. The number of nitrogens with two attached hydrogens (primary N) is 1. The standard InChI is InChI=1S/C16H17ClN2O/c1-10(2)11-3-6-13(7-4-11)20-15-8-5-12(17)9-14(15)16(18)19/h3-10H,1-2H3,(H3,18,19). The van der Waals surface area contributed by atoms with Crippen molar-refractivity contribution < 1.29 is 4.74 Å². The first-order valence-corrected chi connectivity index (χ1v) is 6.77. The Morgan fingerprint density at radius 3 is 2.35 bits per heavy atom. The van der Waals surface area contributed by atoms with Crippen molar-refractivity contribution in [3.8, 4) is 11.5 Å². The first-order valence-electron chi connectivity index (χ1n) is 6.39. The molecule has 0 bridgehead atoms. The number of nitrogen functional groups attached to an aromatic ring is 1. The Balaban J connectivity index is 2.28. The van der Waals surface area contributed by atoms with Gasteiger partial charge in [-0.05, 0) is 41.8 Å². The Kier molecular flexibility index (Phi) is 4.30. The molecule has 2 aromatic rings. The highest BCUT2D eigenvalue weighted by Gasteiger charge is 2.09.